The molecule has 1 N–H and O–H groups in total. The molecule has 0 atom stereocenters. The van der Waals surface area contributed by atoms with Gasteiger partial charge in [-0.1, -0.05) is 11.6 Å². The molecule has 0 unspecified atom stereocenters. The van der Waals surface area contributed by atoms with Gasteiger partial charge in [0, 0.05) is 11.4 Å². The molecule has 8 heteroatoms. The number of nitrogens with one attached hydrogen (secondary N) is 1. The highest BCUT2D eigenvalue weighted by Gasteiger charge is 2.25. The summed E-state index contributed by atoms with van der Waals surface area (Å²) in [6, 6.07) is 3.69. The van der Waals surface area contributed by atoms with Crippen molar-refractivity contribution in [3.63, 3.8) is 0 Å². The quantitative estimate of drug-likeness (QED) is 0.782. The Morgan fingerprint density at radius 2 is 2.26 bits per heavy atom. The number of hydrogen-bond acceptors (Lipinski definition) is 5. The number of aryl methyl sites for hydroxylation is 1. The molecule has 0 saturated carbocycles. The number of furan rings is 1. The van der Waals surface area contributed by atoms with Gasteiger partial charge in [-0.05, 0) is 26.0 Å². The number of carbonyl (C=O) groups excluding carboxylic acids is 1. The van der Waals surface area contributed by atoms with Crippen LogP contribution in [-0.2, 0) is 6.54 Å². The van der Waals surface area contributed by atoms with Crippen LogP contribution in [0.1, 0.15) is 27.9 Å². The highest BCUT2D eigenvalue weighted by atomic mass is 35.5. The van der Waals surface area contributed by atoms with Gasteiger partial charge in [0.15, 0.2) is 0 Å². The van der Waals surface area contributed by atoms with E-state index < -0.39 is 0 Å². The van der Waals surface area contributed by atoms with Gasteiger partial charge < -0.3 is 14.3 Å². The number of carbonyl (C=O) groups is 1. The minimum atomic E-state index is -0.384. The van der Waals surface area contributed by atoms with Gasteiger partial charge in [0.1, 0.15) is 11.1 Å². The first-order valence-electron chi connectivity index (χ1n) is 7.01. The van der Waals surface area contributed by atoms with E-state index >= 15 is 0 Å². The zero-order valence-corrected chi connectivity index (χ0v) is 14.1. The molecule has 0 bridgehead atoms. The number of rotatable bonds is 4. The summed E-state index contributed by atoms with van der Waals surface area (Å²) < 4.78 is 6.13. The molecule has 0 saturated heterocycles. The third-order valence-corrected chi connectivity index (χ3v) is 4.74. The Kier molecular flexibility index (Phi) is 4.23. The summed E-state index contributed by atoms with van der Waals surface area (Å²) in [5.74, 6) is 0.128. The molecule has 0 aromatic carbocycles. The average Bonchev–Trinajstić information content (AvgIpc) is 3.07. The number of hydrogen-bond donors (Lipinski definition) is 1. The lowest BCUT2D eigenvalue weighted by Crippen LogP contribution is -2.31. The van der Waals surface area contributed by atoms with Crippen molar-refractivity contribution in [2.24, 2.45) is 0 Å². The molecule has 0 radical (unpaired) electrons. The normalized spacial score (nSPS) is 11.1. The molecule has 0 aliphatic carbocycles. The summed E-state index contributed by atoms with van der Waals surface area (Å²) in [5, 5.41) is 0.192. The number of H-pyrrole nitrogens is 1. The van der Waals surface area contributed by atoms with E-state index in [1.54, 1.807) is 17.9 Å². The number of amides is 1. The lowest BCUT2D eigenvalue weighted by atomic mass is 10.1. The number of aromatic nitrogens is 2. The van der Waals surface area contributed by atoms with Crippen molar-refractivity contribution >= 4 is 39.9 Å². The van der Waals surface area contributed by atoms with E-state index in [1.807, 2.05) is 13.0 Å². The zero-order valence-electron chi connectivity index (χ0n) is 12.6. The van der Waals surface area contributed by atoms with Crippen molar-refractivity contribution in [2.45, 2.75) is 20.4 Å². The second-order valence-corrected chi connectivity index (χ2v) is 6.77. The lowest BCUT2D eigenvalue weighted by Gasteiger charge is -2.19. The fourth-order valence-electron chi connectivity index (χ4n) is 2.42. The zero-order chi connectivity index (χ0) is 16.6. The summed E-state index contributed by atoms with van der Waals surface area (Å²) >= 11 is 7.36. The van der Waals surface area contributed by atoms with Crippen molar-refractivity contribution in [1.29, 1.82) is 0 Å². The molecule has 3 heterocycles. The van der Waals surface area contributed by atoms with Gasteiger partial charge >= 0.3 is 0 Å². The predicted octanol–water partition coefficient (Wildman–Crippen LogP) is 3.20. The molecule has 0 spiro atoms. The van der Waals surface area contributed by atoms with Crippen LogP contribution >= 0.6 is 22.9 Å². The minimum Gasteiger partial charge on any atom is -0.442 e. The maximum absolute atomic E-state index is 12.9. The van der Waals surface area contributed by atoms with Crippen molar-refractivity contribution in [3.8, 4) is 0 Å². The number of halogens is 1. The monoisotopic (exact) mass is 351 g/mol. The highest BCUT2D eigenvalue weighted by molar-refractivity contribution is 7.16. The first-order chi connectivity index (χ1) is 11.0. The van der Waals surface area contributed by atoms with E-state index in [2.05, 4.69) is 9.97 Å². The van der Waals surface area contributed by atoms with Gasteiger partial charge in [-0.25, -0.2) is 4.98 Å². The Labute approximate surface area is 140 Å². The van der Waals surface area contributed by atoms with Gasteiger partial charge in [-0.15, -0.1) is 11.3 Å². The number of nitrogens with zero attached hydrogens (tertiary/aromatic N) is 2. The van der Waals surface area contributed by atoms with Crippen LogP contribution in [0.2, 0.25) is 4.34 Å². The molecule has 0 fully saturated rings. The Morgan fingerprint density at radius 3 is 2.91 bits per heavy atom. The van der Waals surface area contributed by atoms with Gasteiger partial charge in [-0.2, -0.15) is 0 Å². The van der Waals surface area contributed by atoms with Crippen LogP contribution in [0, 0.1) is 6.92 Å². The fraction of sp³-hybridized carbons (Fsp3) is 0.267. The molecular weight excluding hydrogens is 338 g/mol. The maximum atomic E-state index is 12.9. The second-order valence-electron chi connectivity index (χ2n) is 4.97. The highest BCUT2D eigenvalue weighted by Crippen LogP contribution is 2.26. The molecule has 6 nitrogen and oxygen atoms in total. The predicted molar refractivity (Wildman–Crippen MR) is 89.1 cm³/mol. The van der Waals surface area contributed by atoms with E-state index in [0.717, 1.165) is 4.88 Å². The Bertz CT molecular complexity index is 928. The van der Waals surface area contributed by atoms with Crippen LogP contribution in [-0.4, -0.2) is 27.3 Å². The summed E-state index contributed by atoms with van der Waals surface area (Å²) in [4.78, 5) is 34.0. The molecule has 1 amide bonds. The number of thiophene rings is 1. The van der Waals surface area contributed by atoms with E-state index in [9.17, 15) is 9.59 Å². The first kappa shape index (κ1) is 15.8. The van der Waals surface area contributed by atoms with Crippen LogP contribution in [0.4, 0.5) is 0 Å². The van der Waals surface area contributed by atoms with E-state index in [1.165, 1.54) is 17.7 Å². The van der Waals surface area contributed by atoms with Crippen LogP contribution in [0.15, 0.2) is 27.7 Å². The topological polar surface area (TPSA) is 79.2 Å². The summed E-state index contributed by atoms with van der Waals surface area (Å²) in [7, 11) is 0. The van der Waals surface area contributed by atoms with Crippen molar-refractivity contribution in [1.82, 2.24) is 14.9 Å². The average molecular weight is 352 g/mol. The molecule has 3 aromatic rings. The minimum absolute atomic E-state index is 0.171. The molecule has 120 valence electrons. The molecule has 3 rings (SSSR count). The van der Waals surface area contributed by atoms with Crippen LogP contribution < -0.4 is 5.56 Å². The number of aromatic amines is 1. The standard InChI is InChI=1S/C15H14ClN3O3S/c1-3-19(6-9-4-5-10(16)23-9)15(21)11-8(2)22-14-12(11)13(20)17-7-18-14/h4-5,7H,3,6H2,1-2H3,(H,17,18,20). The molecule has 0 aliphatic rings. The second kappa shape index (κ2) is 6.17. The summed E-state index contributed by atoms with van der Waals surface area (Å²) in [6.07, 6.45) is 1.26. The van der Waals surface area contributed by atoms with Crippen LogP contribution in [0.3, 0.4) is 0 Å². The van der Waals surface area contributed by atoms with E-state index in [-0.39, 0.29) is 28.1 Å². The third kappa shape index (κ3) is 2.89. The van der Waals surface area contributed by atoms with Crippen molar-refractivity contribution < 1.29 is 9.21 Å². The van der Waals surface area contributed by atoms with Crippen molar-refractivity contribution in [3.05, 3.63) is 49.4 Å². The molecule has 3 aromatic heterocycles. The SMILES string of the molecule is CCN(Cc1ccc(Cl)s1)C(=O)c1c(C)oc2nc[nH]c(=O)c12. The van der Waals surface area contributed by atoms with Crippen LogP contribution in [0.25, 0.3) is 11.1 Å². The summed E-state index contributed by atoms with van der Waals surface area (Å²) in [6.45, 7) is 4.47. The van der Waals surface area contributed by atoms with E-state index in [4.69, 9.17) is 16.0 Å². The largest absolute Gasteiger partial charge is 0.442 e. The third-order valence-electron chi connectivity index (χ3n) is 3.53. The summed E-state index contributed by atoms with van der Waals surface area (Å²) in [5.41, 5.74) is 0.0501. The smallest absolute Gasteiger partial charge is 0.262 e. The Balaban J connectivity index is 2.01. The first-order valence-corrected chi connectivity index (χ1v) is 8.21. The fourth-order valence-corrected chi connectivity index (χ4v) is 3.52. The molecule has 23 heavy (non-hydrogen) atoms. The Hall–Kier alpha value is -2.12. The van der Waals surface area contributed by atoms with Crippen molar-refractivity contribution in [2.75, 3.05) is 6.54 Å². The van der Waals surface area contributed by atoms with Gasteiger partial charge in [0.2, 0.25) is 5.71 Å². The molecule has 0 aliphatic heterocycles. The van der Waals surface area contributed by atoms with Crippen LogP contribution in [0.5, 0.6) is 0 Å². The number of fused-ring (bicyclic) bond motifs is 1. The lowest BCUT2D eigenvalue weighted by molar-refractivity contribution is 0.0754. The molecular formula is C15H14ClN3O3S. The van der Waals surface area contributed by atoms with E-state index in [0.29, 0.717) is 23.2 Å². The van der Waals surface area contributed by atoms with Gasteiger partial charge in [0.25, 0.3) is 11.5 Å². The Morgan fingerprint density at radius 1 is 1.48 bits per heavy atom. The van der Waals surface area contributed by atoms with Gasteiger partial charge in [0.05, 0.1) is 22.8 Å². The maximum Gasteiger partial charge on any atom is 0.262 e. The van der Waals surface area contributed by atoms with Gasteiger partial charge in [-0.3, -0.25) is 9.59 Å².